The molecule has 202 valence electrons. The predicted octanol–water partition coefficient (Wildman–Crippen LogP) is -0.266. The summed E-state index contributed by atoms with van der Waals surface area (Å²) in [5.74, 6) is -4.89. The molecule has 3 amide bonds. The summed E-state index contributed by atoms with van der Waals surface area (Å²) in [5.41, 5.74) is 7.85. The lowest BCUT2D eigenvalue weighted by molar-refractivity contribution is -0.143. The third-order valence-electron chi connectivity index (χ3n) is 5.50. The van der Waals surface area contributed by atoms with Crippen molar-refractivity contribution in [1.29, 1.82) is 0 Å². The largest absolute Gasteiger partial charge is 0.481 e. The number of amides is 3. The molecule has 0 aliphatic heterocycles. The van der Waals surface area contributed by atoms with Crippen molar-refractivity contribution in [3.8, 4) is 0 Å². The number of thioether (sulfide) groups is 1. The van der Waals surface area contributed by atoms with E-state index in [9.17, 15) is 29.1 Å². The highest BCUT2D eigenvalue weighted by Gasteiger charge is 2.31. The van der Waals surface area contributed by atoms with Gasteiger partial charge >= 0.3 is 11.9 Å². The van der Waals surface area contributed by atoms with Gasteiger partial charge in [0.15, 0.2) is 0 Å². The van der Waals surface area contributed by atoms with Crippen LogP contribution >= 0.6 is 24.4 Å². The van der Waals surface area contributed by atoms with Gasteiger partial charge in [-0.15, -0.1) is 0 Å². The SMILES string of the molecule is CSCCC(NC(=O)C(N)Cc1c[nH]c2ccccc12)C(=O)NC(CC(=O)O)C(=O)NC(CS)C(=O)O. The monoisotopic (exact) mass is 553 g/mol. The first-order valence-corrected chi connectivity index (χ1v) is 13.4. The van der Waals surface area contributed by atoms with Crippen LogP contribution in [0.1, 0.15) is 18.4 Å². The van der Waals surface area contributed by atoms with Gasteiger partial charge < -0.3 is 36.9 Å². The summed E-state index contributed by atoms with van der Waals surface area (Å²) in [6, 6.07) is 2.52. The average molecular weight is 554 g/mol. The summed E-state index contributed by atoms with van der Waals surface area (Å²) in [6.07, 6.45) is 3.18. The van der Waals surface area contributed by atoms with Crippen LogP contribution in [0.3, 0.4) is 0 Å². The number of aliphatic carboxylic acids is 2. The summed E-state index contributed by atoms with van der Waals surface area (Å²) in [6.45, 7) is 0. The summed E-state index contributed by atoms with van der Waals surface area (Å²) < 4.78 is 0. The van der Waals surface area contributed by atoms with Gasteiger partial charge in [-0.05, 0) is 36.5 Å². The van der Waals surface area contributed by atoms with Crippen LogP contribution in [0.15, 0.2) is 30.5 Å². The van der Waals surface area contributed by atoms with Gasteiger partial charge in [-0.2, -0.15) is 24.4 Å². The second-order valence-electron chi connectivity index (χ2n) is 8.25. The third kappa shape index (κ3) is 8.98. The number of aromatic amines is 1. The van der Waals surface area contributed by atoms with Gasteiger partial charge in [0.1, 0.15) is 18.1 Å². The Morgan fingerprint density at radius 2 is 1.62 bits per heavy atom. The normalized spacial score (nSPS) is 14.2. The van der Waals surface area contributed by atoms with Crippen molar-refractivity contribution in [3.05, 3.63) is 36.0 Å². The van der Waals surface area contributed by atoms with Crippen molar-refractivity contribution >= 4 is 65.0 Å². The summed E-state index contributed by atoms with van der Waals surface area (Å²) >= 11 is 5.28. The van der Waals surface area contributed by atoms with E-state index in [0.717, 1.165) is 16.5 Å². The van der Waals surface area contributed by atoms with Crippen LogP contribution in [-0.4, -0.2) is 86.8 Å². The van der Waals surface area contributed by atoms with Crippen molar-refractivity contribution < 1.29 is 34.2 Å². The number of aromatic nitrogens is 1. The number of carboxylic acids is 2. The molecule has 1 aromatic carbocycles. The topological polar surface area (TPSA) is 204 Å². The Labute approximate surface area is 222 Å². The minimum absolute atomic E-state index is 0.189. The zero-order valence-electron chi connectivity index (χ0n) is 20.1. The molecule has 0 spiro atoms. The molecule has 1 heterocycles. The first-order chi connectivity index (χ1) is 17.6. The van der Waals surface area contributed by atoms with Gasteiger partial charge in [-0.3, -0.25) is 19.2 Å². The lowest BCUT2D eigenvalue weighted by Crippen LogP contribution is -2.58. The van der Waals surface area contributed by atoms with Crippen LogP contribution in [0.2, 0.25) is 0 Å². The fourth-order valence-corrected chi connectivity index (χ4v) is 4.25. The fraction of sp³-hybridized carbons (Fsp3) is 0.435. The van der Waals surface area contributed by atoms with E-state index in [1.807, 2.05) is 30.5 Å². The van der Waals surface area contributed by atoms with E-state index in [2.05, 4.69) is 33.6 Å². The van der Waals surface area contributed by atoms with E-state index in [0.29, 0.717) is 5.75 Å². The average Bonchev–Trinajstić information content (AvgIpc) is 3.26. The van der Waals surface area contributed by atoms with Crippen LogP contribution in [-0.2, 0) is 30.4 Å². The van der Waals surface area contributed by atoms with Crippen molar-refractivity contribution in [2.24, 2.45) is 5.73 Å². The Bertz CT molecular complexity index is 1130. The molecule has 14 heteroatoms. The van der Waals surface area contributed by atoms with E-state index in [4.69, 9.17) is 10.8 Å². The lowest BCUT2D eigenvalue weighted by Gasteiger charge is -2.24. The number of para-hydroxylation sites is 1. The highest BCUT2D eigenvalue weighted by molar-refractivity contribution is 7.98. The molecule has 2 aromatic rings. The molecule has 1 aromatic heterocycles. The van der Waals surface area contributed by atoms with Gasteiger partial charge in [-0.25, -0.2) is 4.79 Å². The molecular weight excluding hydrogens is 522 g/mol. The Kier molecular flexibility index (Phi) is 11.8. The van der Waals surface area contributed by atoms with E-state index < -0.39 is 60.2 Å². The van der Waals surface area contributed by atoms with Crippen LogP contribution in [0.25, 0.3) is 10.9 Å². The molecule has 0 saturated heterocycles. The molecule has 0 aliphatic rings. The van der Waals surface area contributed by atoms with Crippen LogP contribution in [0.4, 0.5) is 0 Å². The number of carbonyl (C=O) groups excluding carboxylic acids is 3. The van der Waals surface area contributed by atoms with Crippen molar-refractivity contribution in [3.63, 3.8) is 0 Å². The Morgan fingerprint density at radius 3 is 2.24 bits per heavy atom. The van der Waals surface area contributed by atoms with Gasteiger partial charge in [-0.1, -0.05) is 18.2 Å². The van der Waals surface area contributed by atoms with Gasteiger partial charge in [0.05, 0.1) is 12.5 Å². The zero-order valence-corrected chi connectivity index (χ0v) is 21.8. The maximum absolute atomic E-state index is 13.0. The van der Waals surface area contributed by atoms with Crippen LogP contribution < -0.4 is 21.7 Å². The smallest absolute Gasteiger partial charge is 0.327 e. The van der Waals surface area contributed by atoms with E-state index >= 15 is 0 Å². The third-order valence-corrected chi connectivity index (χ3v) is 6.51. The highest BCUT2D eigenvalue weighted by Crippen LogP contribution is 2.18. The van der Waals surface area contributed by atoms with Crippen LogP contribution in [0, 0.1) is 0 Å². The maximum Gasteiger partial charge on any atom is 0.327 e. The number of nitrogens with two attached hydrogens (primary N) is 1. The first-order valence-electron chi connectivity index (χ1n) is 11.3. The van der Waals surface area contributed by atoms with Crippen LogP contribution in [0.5, 0.6) is 0 Å². The number of fused-ring (bicyclic) bond motifs is 1. The van der Waals surface area contributed by atoms with Crippen molar-refractivity contribution in [1.82, 2.24) is 20.9 Å². The minimum atomic E-state index is -1.57. The number of H-pyrrole nitrogens is 1. The first kappa shape index (κ1) is 30.0. The molecule has 2 rings (SSSR count). The molecular formula is C23H31N5O7S2. The molecule has 12 nitrogen and oxygen atoms in total. The van der Waals surface area contributed by atoms with Crippen molar-refractivity contribution in [2.75, 3.05) is 17.8 Å². The van der Waals surface area contributed by atoms with E-state index in [1.165, 1.54) is 11.8 Å². The highest BCUT2D eigenvalue weighted by atomic mass is 32.2. The predicted molar refractivity (Wildman–Crippen MR) is 143 cm³/mol. The lowest BCUT2D eigenvalue weighted by atomic mass is 10.0. The number of carboxylic acid groups (broad SMARTS) is 2. The van der Waals surface area contributed by atoms with E-state index in [-0.39, 0.29) is 18.6 Å². The minimum Gasteiger partial charge on any atom is -0.481 e. The number of benzene rings is 1. The van der Waals surface area contributed by atoms with Gasteiger partial charge in [0, 0.05) is 22.9 Å². The van der Waals surface area contributed by atoms with E-state index in [1.54, 1.807) is 6.20 Å². The van der Waals surface area contributed by atoms with Crippen molar-refractivity contribution in [2.45, 2.75) is 43.4 Å². The molecule has 0 fully saturated rings. The Balaban J connectivity index is 2.11. The second-order valence-corrected chi connectivity index (χ2v) is 9.60. The molecule has 0 aliphatic carbocycles. The Hall–Kier alpha value is -3.23. The molecule has 8 N–H and O–H groups in total. The number of thiol groups is 1. The molecule has 0 bridgehead atoms. The van der Waals surface area contributed by atoms with Gasteiger partial charge in [0.2, 0.25) is 17.7 Å². The number of rotatable bonds is 15. The number of hydrogen-bond acceptors (Lipinski definition) is 8. The summed E-state index contributed by atoms with van der Waals surface area (Å²) in [5, 5.41) is 26.3. The molecule has 37 heavy (non-hydrogen) atoms. The maximum atomic E-state index is 13.0. The number of hydrogen-bond donors (Lipinski definition) is 8. The van der Waals surface area contributed by atoms with Gasteiger partial charge in [0.25, 0.3) is 0 Å². The molecule has 0 radical (unpaired) electrons. The molecule has 4 unspecified atom stereocenters. The quantitative estimate of drug-likeness (QED) is 0.137. The molecule has 4 atom stereocenters. The standard InChI is InChI=1S/C23H31N5O7S2/c1-37-7-6-16(21(32)27-17(9-19(29)30)22(33)28-18(11-36)23(34)35)26-20(31)14(24)8-12-10-25-15-5-3-2-4-13(12)15/h2-5,10,14,16-18,25,36H,6-9,11,24H2,1H3,(H,26,31)(H,27,32)(H,28,33)(H,29,30)(H,34,35). The summed E-state index contributed by atoms with van der Waals surface area (Å²) in [4.78, 5) is 64.0. The second kappa shape index (κ2) is 14.5. The zero-order chi connectivity index (χ0) is 27.5. The summed E-state index contributed by atoms with van der Waals surface area (Å²) in [7, 11) is 0. The molecule has 0 saturated carbocycles. The number of carbonyl (C=O) groups is 5. The number of nitrogens with one attached hydrogen (secondary N) is 4. The Morgan fingerprint density at radius 1 is 1.00 bits per heavy atom. The fourth-order valence-electron chi connectivity index (χ4n) is 3.53.